The number of hydrogen-bond donors (Lipinski definition) is 2. The van der Waals surface area contributed by atoms with Crippen LogP contribution in [-0.2, 0) is 6.54 Å². The van der Waals surface area contributed by atoms with Crippen LogP contribution in [-0.4, -0.2) is 39.2 Å². The largest absolute Gasteiger partial charge is 0.393 e. The first-order valence-corrected chi connectivity index (χ1v) is 7.02. The molecule has 0 unspecified atom stereocenters. The Balaban J connectivity index is 1.66. The Kier molecular flexibility index (Phi) is 3.53. The Morgan fingerprint density at radius 3 is 2.89 bits per heavy atom. The number of fused-ring (bicyclic) bond motifs is 1. The Labute approximate surface area is 113 Å². The molecule has 19 heavy (non-hydrogen) atoms. The van der Waals surface area contributed by atoms with Crippen molar-refractivity contribution in [2.24, 2.45) is 0 Å². The van der Waals surface area contributed by atoms with Crippen LogP contribution in [0.25, 0.3) is 11.0 Å². The molecule has 2 N–H and O–H groups in total. The van der Waals surface area contributed by atoms with Crippen LogP contribution in [0.4, 0.5) is 0 Å². The number of aliphatic hydroxyl groups excluding tert-OH is 1. The molecule has 1 fully saturated rings. The number of aliphatic hydroxyl groups is 1. The Morgan fingerprint density at radius 2 is 2.11 bits per heavy atom. The zero-order valence-electron chi connectivity index (χ0n) is 11.3. The van der Waals surface area contributed by atoms with E-state index in [1.54, 1.807) is 6.33 Å². The summed E-state index contributed by atoms with van der Waals surface area (Å²) in [5, 5.41) is 9.56. The van der Waals surface area contributed by atoms with Gasteiger partial charge in [0.05, 0.1) is 23.5 Å². The van der Waals surface area contributed by atoms with E-state index in [2.05, 4.69) is 40.1 Å². The highest BCUT2D eigenvalue weighted by molar-refractivity contribution is 5.74. The van der Waals surface area contributed by atoms with Gasteiger partial charge in [-0.05, 0) is 50.4 Å². The molecule has 102 valence electrons. The zero-order chi connectivity index (χ0) is 13.2. The zero-order valence-corrected chi connectivity index (χ0v) is 11.3. The molecule has 0 aliphatic heterocycles. The highest BCUT2D eigenvalue weighted by Gasteiger charge is 2.22. The van der Waals surface area contributed by atoms with E-state index in [0.29, 0.717) is 6.04 Å². The van der Waals surface area contributed by atoms with Gasteiger partial charge in [-0.25, -0.2) is 4.98 Å². The van der Waals surface area contributed by atoms with Crippen molar-refractivity contribution in [2.75, 3.05) is 7.05 Å². The van der Waals surface area contributed by atoms with E-state index in [-0.39, 0.29) is 6.10 Å². The summed E-state index contributed by atoms with van der Waals surface area (Å²) in [5.41, 5.74) is 3.43. The van der Waals surface area contributed by atoms with E-state index in [4.69, 9.17) is 0 Å². The molecule has 0 atom stereocenters. The Bertz CT molecular complexity index is 543. The van der Waals surface area contributed by atoms with Crippen LogP contribution >= 0.6 is 0 Å². The maximum absolute atomic E-state index is 9.56. The highest BCUT2D eigenvalue weighted by atomic mass is 16.3. The third-order valence-corrected chi connectivity index (χ3v) is 4.21. The molecule has 1 heterocycles. The van der Waals surface area contributed by atoms with Gasteiger partial charge in [0, 0.05) is 12.6 Å². The van der Waals surface area contributed by atoms with E-state index in [1.165, 1.54) is 5.56 Å². The molecule has 2 aromatic rings. The van der Waals surface area contributed by atoms with Gasteiger partial charge in [-0.2, -0.15) is 0 Å². The minimum Gasteiger partial charge on any atom is -0.393 e. The number of nitrogens with zero attached hydrogens (tertiary/aromatic N) is 2. The fourth-order valence-electron chi connectivity index (χ4n) is 3.00. The van der Waals surface area contributed by atoms with Crippen LogP contribution in [0.5, 0.6) is 0 Å². The van der Waals surface area contributed by atoms with Gasteiger partial charge in [-0.3, -0.25) is 4.90 Å². The predicted octanol–water partition coefficient (Wildman–Crippen LogP) is 2.30. The monoisotopic (exact) mass is 259 g/mol. The molecule has 1 aliphatic carbocycles. The van der Waals surface area contributed by atoms with Crippen molar-refractivity contribution < 1.29 is 5.11 Å². The quantitative estimate of drug-likeness (QED) is 0.889. The number of benzene rings is 1. The molecule has 1 saturated carbocycles. The molecule has 3 rings (SSSR count). The standard InChI is InChI=1S/C15H21N3O/c1-18(12-3-5-13(19)6-4-12)9-11-2-7-14-15(8-11)17-10-16-14/h2,7-8,10,12-13,19H,3-6,9H2,1H3,(H,16,17). The van der Waals surface area contributed by atoms with E-state index in [1.807, 2.05) is 0 Å². The topological polar surface area (TPSA) is 52.2 Å². The average molecular weight is 259 g/mol. The molecule has 0 radical (unpaired) electrons. The molecular formula is C15H21N3O. The van der Waals surface area contributed by atoms with Crippen molar-refractivity contribution in [3.8, 4) is 0 Å². The number of imidazole rings is 1. The van der Waals surface area contributed by atoms with Gasteiger partial charge in [0.2, 0.25) is 0 Å². The molecule has 1 aliphatic rings. The minimum atomic E-state index is -0.0778. The van der Waals surface area contributed by atoms with Gasteiger partial charge in [0.15, 0.2) is 0 Å². The minimum absolute atomic E-state index is 0.0778. The molecule has 1 aromatic heterocycles. The van der Waals surface area contributed by atoms with Crippen LogP contribution in [0.2, 0.25) is 0 Å². The summed E-state index contributed by atoms with van der Waals surface area (Å²) in [7, 11) is 2.18. The van der Waals surface area contributed by atoms with Gasteiger partial charge in [0.25, 0.3) is 0 Å². The Morgan fingerprint density at radius 1 is 1.32 bits per heavy atom. The highest BCUT2D eigenvalue weighted by Crippen LogP contribution is 2.23. The number of rotatable bonds is 3. The summed E-state index contributed by atoms with van der Waals surface area (Å²) in [6, 6.07) is 6.99. The number of nitrogens with one attached hydrogen (secondary N) is 1. The molecular weight excluding hydrogens is 238 g/mol. The van der Waals surface area contributed by atoms with Crippen molar-refractivity contribution >= 4 is 11.0 Å². The van der Waals surface area contributed by atoms with Crippen LogP contribution in [0.3, 0.4) is 0 Å². The van der Waals surface area contributed by atoms with E-state index >= 15 is 0 Å². The molecule has 0 saturated heterocycles. The molecule has 0 bridgehead atoms. The molecule has 0 spiro atoms. The number of aromatic amines is 1. The van der Waals surface area contributed by atoms with Crippen molar-refractivity contribution in [1.82, 2.24) is 14.9 Å². The van der Waals surface area contributed by atoms with Crippen LogP contribution in [0, 0.1) is 0 Å². The second kappa shape index (κ2) is 5.31. The van der Waals surface area contributed by atoms with E-state index in [0.717, 1.165) is 43.3 Å². The van der Waals surface area contributed by atoms with Crippen molar-refractivity contribution in [2.45, 2.75) is 44.4 Å². The second-order valence-corrected chi connectivity index (χ2v) is 5.63. The summed E-state index contributed by atoms with van der Waals surface area (Å²) in [6.07, 6.45) is 5.74. The number of hydrogen-bond acceptors (Lipinski definition) is 3. The lowest BCUT2D eigenvalue weighted by Crippen LogP contribution is -2.35. The summed E-state index contributed by atoms with van der Waals surface area (Å²) in [5.74, 6) is 0. The normalized spacial score (nSPS) is 24.2. The molecule has 0 amide bonds. The summed E-state index contributed by atoms with van der Waals surface area (Å²) in [4.78, 5) is 9.80. The number of H-pyrrole nitrogens is 1. The van der Waals surface area contributed by atoms with Gasteiger partial charge in [-0.15, -0.1) is 0 Å². The summed E-state index contributed by atoms with van der Waals surface area (Å²) >= 11 is 0. The first kappa shape index (κ1) is 12.6. The fourth-order valence-corrected chi connectivity index (χ4v) is 3.00. The van der Waals surface area contributed by atoms with Gasteiger partial charge in [-0.1, -0.05) is 6.07 Å². The van der Waals surface area contributed by atoms with Crippen molar-refractivity contribution in [3.63, 3.8) is 0 Å². The first-order chi connectivity index (χ1) is 9.22. The van der Waals surface area contributed by atoms with E-state index in [9.17, 15) is 5.11 Å². The predicted molar refractivity (Wildman–Crippen MR) is 75.8 cm³/mol. The summed E-state index contributed by atoms with van der Waals surface area (Å²) in [6.45, 7) is 0.954. The van der Waals surface area contributed by atoms with Crippen molar-refractivity contribution in [3.05, 3.63) is 30.1 Å². The molecule has 4 nitrogen and oxygen atoms in total. The maximum atomic E-state index is 9.56. The molecule has 1 aromatic carbocycles. The first-order valence-electron chi connectivity index (χ1n) is 7.02. The van der Waals surface area contributed by atoms with Crippen LogP contribution < -0.4 is 0 Å². The van der Waals surface area contributed by atoms with Crippen LogP contribution in [0.1, 0.15) is 31.2 Å². The number of aromatic nitrogens is 2. The Hall–Kier alpha value is -1.39. The average Bonchev–Trinajstić information content (AvgIpc) is 2.87. The SMILES string of the molecule is CN(Cc1ccc2nc[nH]c2c1)C1CCC(O)CC1. The van der Waals surface area contributed by atoms with Crippen LogP contribution in [0.15, 0.2) is 24.5 Å². The molecule has 4 heteroatoms. The summed E-state index contributed by atoms with van der Waals surface area (Å²) < 4.78 is 0. The third kappa shape index (κ3) is 2.80. The lowest BCUT2D eigenvalue weighted by Gasteiger charge is -2.33. The third-order valence-electron chi connectivity index (χ3n) is 4.21. The lowest BCUT2D eigenvalue weighted by atomic mass is 9.92. The second-order valence-electron chi connectivity index (χ2n) is 5.63. The lowest BCUT2D eigenvalue weighted by molar-refractivity contribution is 0.0818. The van der Waals surface area contributed by atoms with Gasteiger partial charge >= 0.3 is 0 Å². The van der Waals surface area contributed by atoms with Gasteiger partial charge in [0.1, 0.15) is 0 Å². The van der Waals surface area contributed by atoms with Gasteiger partial charge < -0.3 is 10.1 Å². The van der Waals surface area contributed by atoms with Crippen molar-refractivity contribution in [1.29, 1.82) is 0 Å². The fraction of sp³-hybridized carbons (Fsp3) is 0.533. The smallest absolute Gasteiger partial charge is 0.0931 e. The maximum Gasteiger partial charge on any atom is 0.0931 e. The van der Waals surface area contributed by atoms with E-state index < -0.39 is 0 Å².